The fourth-order valence-corrected chi connectivity index (χ4v) is 5.05. The second-order valence-electron chi connectivity index (χ2n) is 8.76. The van der Waals surface area contributed by atoms with Crippen LogP contribution in [-0.2, 0) is 6.54 Å². The molecule has 3 aliphatic rings. The van der Waals surface area contributed by atoms with Crippen molar-refractivity contribution in [2.24, 2.45) is 11.8 Å². The molecule has 31 heavy (non-hydrogen) atoms. The van der Waals surface area contributed by atoms with Crippen LogP contribution in [0.25, 0.3) is 0 Å². The third-order valence-corrected chi connectivity index (χ3v) is 6.81. The molecule has 5 rings (SSSR count). The van der Waals surface area contributed by atoms with Crippen LogP contribution in [0.2, 0.25) is 0 Å². The molecule has 4 N–H and O–H groups in total. The minimum Gasteiger partial charge on any atom is -0.354 e. The van der Waals surface area contributed by atoms with Crippen molar-refractivity contribution < 1.29 is 0 Å². The molecule has 0 amide bonds. The number of hydrogen-bond donors (Lipinski definition) is 4. The van der Waals surface area contributed by atoms with Crippen LogP contribution in [0.1, 0.15) is 36.7 Å². The van der Waals surface area contributed by atoms with Crippen LogP contribution < -0.4 is 26.4 Å². The number of fused-ring (bicyclic) bond motifs is 1. The Balaban J connectivity index is 1.34. The summed E-state index contributed by atoms with van der Waals surface area (Å²) in [6.07, 6.45) is 5.17. The molecule has 3 fully saturated rings. The van der Waals surface area contributed by atoms with Gasteiger partial charge < -0.3 is 15.5 Å². The maximum atomic E-state index is 9.41. The van der Waals surface area contributed by atoms with Gasteiger partial charge in [-0.1, -0.05) is 6.07 Å². The molecule has 5 heterocycles. The van der Waals surface area contributed by atoms with Crippen molar-refractivity contribution in [2.45, 2.75) is 38.0 Å². The SMILES string of the molecule is CCn1cc(C2CC3C(CN2)NNC3c2cccc(N3CCNCC(C#N)C3)n2)cn1. The Hall–Kier alpha value is -2.51. The number of rotatable bonds is 4. The number of hydrazine groups is 1. The summed E-state index contributed by atoms with van der Waals surface area (Å²) in [5, 5.41) is 20.9. The number of nitriles is 1. The van der Waals surface area contributed by atoms with Gasteiger partial charge in [-0.05, 0) is 25.5 Å². The predicted molar refractivity (Wildman–Crippen MR) is 118 cm³/mol. The molecule has 164 valence electrons. The molecule has 5 atom stereocenters. The van der Waals surface area contributed by atoms with Crippen molar-refractivity contribution >= 4 is 5.82 Å². The molecule has 3 aliphatic heterocycles. The monoisotopic (exact) mass is 421 g/mol. The van der Waals surface area contributed by atoms with Gasteiger partial charge in [0.1, 0.15) is 5.82 Å². The zero-order chi connectivity index (χ0) is 21.2. The number of nitrogens with zero attached hydrogens (tertiary/aromatic N) is 5. The minimum absolute atomic E-state index is 0.0159. The third-order valence-electron chi connectivity index (χ3n) is 6.81. The Labute approximate surface area is 183 Å². The van der Waals surface area contributed by atoms with Crippen LogP contribution >= 0.6 is 0 Å². The van der Waals surface area contributed by atoms with Crippen LogP contribution in [0.15, 0.2) is 30.6 Å². The summed E-state index contributed by atoms with van der Waals surface area (Å²) in [6.45, 7) is 7.11. The van der Waals surface area contributed by atoms with E-state index in [4.69, 9.17) is 4.98 Å². The summed E-state index contributed by atoms with van der Waals surface area (Å²) in [5.41, 5.74) is 9.31. The summed E-state index contributed by atoms with van der Waals surface area (Å²) in [6, 6.07) is 9.53. The van der Waals surface area contributed by atoms with E-state index in [1.807, 2.05) is 10.9 Å². The summed E-state index contributed by atoms with van der Waals surface area (Å²) in [4.78, 5) is 7.28. The number of nitrogens with one attached hydrogen (secondary N) is 4. The van der Waals surface area contributed by atoms with Crippen molar-refractivity contribution in [1.82, 2.24) is 36.2 Å². The van der Waals surface area contributed by atoms with Crippen molar-refractivity contribution in [1.29, 1.82) is 5.26 Å². The molecule has 0 saturated carbocycles. The molecule has 2 aromatic rings. The van der Waals surface area contributed by atoms with Crippen molar-refractivity contribution in [2.75, 3.05) is 37.6 Å². The Bertz CT molecular complexity index is 935. The number of aryl methyl sites for hydroxylation is 1. The van der Waals surface area contributed by atoms with Gasteiger partial charge in [0.2, 0.25) is 0 Å². The molecular weight excluding hydrogens is 390 g/mol. The molecule has 0 bridgehead atoms. The first kappa shape index (κ1) is 20.4. The zero-order valence-electron chi connectivity index (χ0n) is 18.0. The molecule has 0 radical (unpaired) electrons. The van der Waals surface area contributed by atoms with Gasteiger partial charge >= 0.3 is 0 Å². The van der Waals surface area contributed by atoms with Gasteiger partial charge in [0.25, 0.3) is 0 Å². The van der Waals surface area contributed by atoms with E-state index in [0.717, 1.165) is 57.2 Å². The lowest BCUT2D eigenvalue weighted by molar-refractivity contribution is 0.265. The van der Waals surface area contributed by atoms with Gasteiger partial charge in [-0.25, -0.2) is 10.4 Å². The predicted octanol–water partition coefficient (Wildman–Crippen LogP) is 0.716. The normalized spacial score (nSPS) is 31.1. The van der Waals surface area contributed by atoms with Crippen LogP contribution in [0.4, 0.5) is 5.82 Å². The van der Waals surface area contributed by atoms with Crippen molar-refractivity contribution in [3.63, 3.8) is 0 Å². The second-order valence-corrected chi connectivity index (χ2v) is 8.76. The smallest absolute Gasteiger partial charge is 0.128 e. The molecule has 0 aromatic carbocycles. The largest absolute Gasteiger partial charge is 0.354 e. The molecule has 0 aliphatic carbocycles. The van der Waals surface area contributed by atoms with Crippen LogP contribution in [0.3, 0.4) is 0 Å². The molecule has 2 aromatic heterocycles. The molecule has 3 saturated heterocycles. The van der Waals surface area contributed by atoms with Crippen LogP contribution in [0.5, 0.6) is 0 Å². The van der Waals surface area contributed by atoms with Gasteiger partial charge in [0.15, 0.2) is 0 Å². The van der Waals surface area contributed by atoms with E-state index in [-0.39, 0.29) is 12.0 Å². The number of piperidine rings is 1. The highest BCUT2D eigenvalue weighted by Gasteiger charge is 2.42. The van der Waals surface area contributed by atoms with Gasteiger partial charge in [-0.15, -0.1) is 0 Å². The molecule has 0 spiro atoms. The van der Waals surface area contributed by atoms with E-state index >= 15 is 0 Å². The first-order valence-corrected chi connectivity index (χ1v) is 11.3. The molecule has 9 nitrogen and oxygen atoms in total. The summed E-state index contributed by atoms with van der Waals surface area (Å²) in [7, 11) is 0. The van der Waals surface area contributed by atoms with Gasteiger partial charge in [0, 0.05) is 69.0 Å². The summed E-state index contributed by atoms with van der Waals surface area (Å²) in [5.74, 6) is 1.39. The lowest BCUT2D eigenvalue weighted by atomic mass is 9.82. The highest BCUT2D eigenvalue weighted by atomic mass is 15.4. The zero-order valence-corrected chi connectivity index (χ0v) is 18.0. The van der Waals surface area contributed by atoms with E-state index in [1.54, 1.807) is 0 Å². The third kappa shape index (κ3) is 4.16. The van der Waals surface area contributed by atoms with E-state index in [2.05, 4.69) is 68.9 Å². The quantitative estimate of drug-likeness (QED) is 0.572. The molecule has 5 unspecified atom stereocenters. The number of anilines is 1. The van der Waals surface area contributed by atoms with Crippen molar-refractivity contribution in [3.05, 3.63) is 41.9 Å². The van der Waals surface area contributed by atoms with Crippen LogP contribution in [-0.4, -0.2) is 53.5 Å². The van der Waals surface area contributed by atoms with Gasteiger partial charge in [-0.2, -0.15) is 10.4 Å². The van der Waals surface area contributed by atoms with E-state index in [9.17, 15) is 5.26 Å². The standard InChI is InChI=1S/C22H31N9/c1-2-31-14-16(11-26-31)19-8-17-20(12-25-19)28-29-22(17)18-4-3-5-21(27-18)30-7-6-24-10-15(9-23)13-30/h3-5,11,14-15,17,19-20,22,24-25,28-29H,2,6-8,10,12-13H2,1H3. The lowest BCUT2D eigenvalue weighted by Gasteiger charge is -2.34. The highest BCUT2D eigenvalue weighted by Crippen LogP contribution is 2.38. The van der Waals surface area contributed by atoms with Crippen molar-refractivity contribution in [3.8, 4) is 6.07 Å². The average molecular weight is 422 g/mol. The summed E-state index contributed by atoms with van der Waals surface area (Å²) >= 11 is 0. The Morgan fingerprint density at radius 2 is 2.19 bits per heavy atom. The Kier molecular flexibility index (Phi) is 5.87. The number of pyridine rings is 1. The maximum Gasteiger partial charge on any atom is 0.128 e. The van der Waals surface area contributed by atoms with Gasteiger partial charge in [0.05, 0.1) is 29.9 Å². The fourth-order valence-electron chi connectivity index (χ4n) is 5.05. The maximum absolute atomic E-state index is 9.41. The Morgan fingerprint density at radius 1 is 1.26 bits per heavy atom. The van der Waals surface area contributed by atoms with Gasteiger partial charge in [-0.3, -0.25) is 10.1 Å². The van der Waals surface area contributed by atoms with E-state index in [0.29, 0.717) is 18.0 Å². The summed E-state index contributed by atoms with van der Waals surface area (Å²) < 4.78 is 1.99. The van der Waals surface area contributed by atoms with E-state index in [1.165, 1.54) is 5.56 Å². The van der Waals surface area contributed by atoms with E-state index < -0.39 is 0 Å². The average Bonchev–Trinajstić information content (AvgIpc) is 3.39. The lowest BCUT2D eigenvalue weighted by Crippen LogP contribution is -2.46. The number of aromatic nitrogens is 3. The highest BCUT2D eigenvalue weighted by molar-refractivity contribution is 5.41. The molecule has 9 heteroatoms. The first-order valence-electron chi connectivity index (χ1n) is 11.3. The second kappa shape index (κ2) is 8.93. The number of hydrogen-bond acceptors (Lipinski definition) is 8. The molecular formula is C22H31N9. The Morgan fingerprint density at radius 3 is 3.03 bits per heavy atom. The topological polar surface area (TPSA) is 106 Å². The van der Waals surface area contributed by atoms with Crippen LogP contribution in [0, 0.1) is 23.2 Å². The fraction of sp³-hybridized carbons (Fsp3) is 0.591. The minimum atomic E-state index is -0.0159. The first-order chi connectivity index (χ1) is 15.2.